The topological polar surface area (TPSA) is 120 Å². The summed E-state index contributed by atoms with van der Waals surface area (Å²) in [6.07, 6.45) is 1.18. The SMILES string of the molecule is O=C(O)COCCNC(=O)c1ncoc1-c1ccc2c(c1)OCCO2. The quantitative estimate of drug-likeness (QED) is 0.710. The third-order valence-corrected chi connectivity index (χ3v) is 3.34. The first kappa shape index (κ1) is 16.8. The number of rotatable bonds is 7. The second-order valence-electron chi connectivity index (χ2n) is 5.09. The third kappa shape index (κ3) is 4.07. The van der Waals surface area contributed by atoms with Crippen LogP contribution in [-0.2, 0) is 9.53 Å². The van der Waals surface area contributed by atoms with Crippen molar-refractivity contribution in [2.45, 2.75) is 0 Å². The number of carboxylic acids is 1. The van der Waals surface area contributed by atoms with Crippen LogP contribution in [0, 0.1) is 0 Å². The molecule has 2 aromatic rings. The van der Waals surface area contributed by atoms with Gasteiger partial charge in [-0.25, -0.2) is 9.78 Å². The zero-order valence-corrected chi connectivity index (χ0v) is 13.2. The first-order chi connectivity index (χ1) is 12.1. The summed E-state index contributed by atoms with van der Waals surface area (Å²) in [5, 5.41) is 11.1. The van der Waals surface area contributed by atoms with Crippen LogP contribution in [0.25, 0.3) is 11.3 Å². The molecule has 25 heavy (non-hydrogen) atoms. The second-order valence-corrected chi connectivity index (χ2v) is 5.09. The Bertz CT molecular complexity index is 772. The second kappa shape index (κ2) is 7.67. The van der Waals surface area contributed by atoms with E-state index in [0.29, 0.717) is 36.0 Å². The first-order valence-corrected chi connectivity index (χ1v) is 7.56. The summed E-state index contributed by atoms with van der Waals surface area (Å²) in [4.78, 5) is 26.5. The average molecular weight is 348 g/mol. The van der Waals surface area contributed by atoms with E-state index in [1.165, 1.54) is 6.39 Å². The Morgan fingerprint density at radius 1 is 1.24 bits per heavy atom. The molecule has 0 fully saturated rings. The highest BCUT2D eigenvalue weighted by Gasteiger charge is 2.20. The predicted molar refractivity (Wildman–Crippen MR) is 83.7 cm³/mol. The summed E-state index contributed by atoms with van der Waals surface area (Å²) in [6.45, 7) is 0.764. The molecule has 3 rings (SSSR count). The molecule has 9 heteroatoms. The van der Waals surface area contributed by atoms with Gasteiger partial charge in [0.25, 0.3) is 5.91 Å². The Morgan fingerprint density at radius 3 is 2.84 bits per heavy atom. The van der Waals surface area contributed by atoms with Crippen LogP contribution >= 0.6 is 0 Å². The van der Waals surface area contributed by atoms with Crippen molar-refractivity contribution >= 4 is 11.9 Å². The maximum atomic E-state index is 12.2. The average Bonchev–Trinajstić information content (AvgIpc) is 3.10. The number of aromatic nitrogens is 1. The van der Waals surface area contributed by atoms with E-state index in [1.54, 1.807) is 18.2 Å². The van der Waals surface area contributed by atoms with Gasteiger partial charge in [-0.1, -0.05) is 0 Å². The minimum Gasteiger partial charge on any atom is -0.486 e. The van der Waals surface area contributed by atoms with Crippen LogP contribution in [0.2, 0.25) is 0 Å². The van der Waals surface area contributed by atoms with Crippen LogP contribution in [0.3, 0.4) is 0 Å². The number of ether oxygens (including phenoxy) is 3. The number of oxazole rings is 1. The van der Waals surface area contributed by atoms with Crippen molar-refractivity contribution in [1.82, 2.24) is 10.3 Å². The number of carboxylic acid groups (broad SMARTS) is 1. The zero-order valence-electron chi connectivity index (χ0n) is 13.2. The highest BCUT2D eigenvalue weighted by molar-refractivity contribution is 5.97. The molecule has 0 atom stereocenters. The van der Waals surface area contributed by atoms with Gasteiger partial charge in [-0.2, -0.15) is 0 Å². The number of carbonyl (C=O) groups excluding carboxylic acids is 1. The van der Waals surface area contributed by atoms with Crippen LogP contribution in [0.1, 0.15) is 10.5 Å². The number of benzene rings is 1. The molecule has 1 aliphatic rings. The number of hydrogen-bond donors (Lipinski definition) is 2. The van der Waals surface area contributed by atoms with E-state index in [2.05, 4.69) is 10.3 Å². The molecule has 0 bridgehead atoms. The molecule has 1 aliphatic heterocycles. The van der Waals surface area contributed by atoms with Crippen molar-refractivity contribution in [2.24, 2.45) is 0 Å². The van der Waals surface area contributed by atoms with E-state index in [-0.39, 0.29) is 18.8 Å². The monoisotopic (exact) mass is 348 g/mol. The van der Waals surface area contributed by atoms with Crippen LogP contribution in [0.4, 0.5) is 0 Å². The highest BCUT2D eigenvalue weighted by atomic mass is 16.6. The van der Waals surface area contributed by atoms with Gasteiger partial charge in [-0.3, -0.25) is 4.79 Å². The van der Waals surface area contributed by atoms with Gasteiger partial charge in [0.05, 0.1) is 6.61 Å². The van der Waals surface area contributed by atoms with Gasteiger partial charge in [0, 0.05) is 12.1 Å². The number of aliphatic carboxylic acids is 1. The molecule has 9 nitrogen and oxygen atoms in total. The minimum atomic E-state index is -1.07. The summed E-state index contributed by atoms with van der Waals surface area (Å²) in [7, 11) is 0. The number of amides is 1. The van der Waals surface area contributed by atoms with Gasteiger partial charge in [-0.15, -0.1) is 0 Å². The molecule has 1 aromatic carbocycles. The molecule has 0 spiro atoms. The third-order valence-electron chi connectivity index (χ3n) is 3.34. The summed E-state index contributed by atoms with van der Waals surface area (Å²) >= 11 is 0. The van der Waals surface area contributed by atoms with E-state index in [1.807, 2.05) is 0 Å². The molecular weight excluding hydrogens is 332 g/mol. The van der Waals surface area contributed by atoms with Crippen LogP contribution in [0.5, 0.6) is 11.5 Å². The summed E-state index contributed by atoms with van der Waals surface area (Å²) in [6, 6.07) is 5.22. The zero-order chi connectivity index (χ0) is 17.6. The molecule has 0 saturated heterocycles. The van der Waals surface area contributed by atoms with Gasteiger partial charge >= 0.3 is 5.97 Å². The fourth-order valence-corrected chi connectivity index (χ4v) is 2.28. The minimum absolute atomic E-state index is 0.0786. The molecule has 1 aromatic heterocycles. The molecule has 2 heterocycles. The van der Waals surface area contributed by atoms with Gasteiger partial charge in [-0.05, 0) is 18.2 Å². The van der Waals surface area contributed by atoms with Gasteiger partial charge < -0.3 is 29.1 Å². The molecular formula is C16H16N2O7. The largest absolute Gasteiger partial charge is 0.486 e. The van der Waals surface area contributed by atoms with Crippen molar-refractivity contribution in [3.8, 4) is 22.8 Å². The lowest BCUT2D eigenvalue weighted by atomic mass is 10.1. The molecule has 0 radical (unpaired) electrons. The van der Waals surface area contributed by atoms with E-state index in [9.17, 15) is 9.59 Å². The fraction of sp³-hybridized carbons (Fsp3) is 0.312. The number of fused-ring (bicyclic) bond motifs is 1. The Labute approximate surface area is 142 Å². The smallest absolute Gasteiger partial charge is 0.329 e. The van der Waals surface area contributed by atoms with Crippen molar-refractivity contribution in [3.63, 3.8) is 0 Å². The molecule has 2 N–H and O–H groups in total. The van der Waals surface area contributed by atoms with Crippen LogP contribution in [-0.4, -0.2) is 54.9 Å². The molecule has 132 valence electrons. The van der Waals surface area contributed by atoms with E-state index in [4.69, 9.17) is 23.7 Å². The molecule has 0 saturated carbocycles. The van der Waals surface area contributed by atoms with E-state index < -0.39 is 18.5 Å². The Kier molecular flexibility index (Phi) is 5.14. The number of carbonyl (C=O) groups is 2. The summed E-state index contributed by atoms with van der Waals surface area (Å²) < 4.78 is 21.2. The van der Waals surface area contributed by atoms with Gasteiger partial charge in [0.1, 0.15) is 19.8 Å². The maximum Gasteiger partial charge on any atom is 0.329 e. The standard InChI is InChI=1S/C16H16N2O7/c19-13(20)8-22-4-3-17-16(21)14-15(25-9-18-14)10-1-2-11-12(7-10)24-6-5-23-11/h1-2,7,9H,3-6,8H2,(H,17,21)(H,19,20). The normalized spacial score (nSPS) is 12.6. The molecule has 0 unspecified atom stereocenters. The summed E-state index contributed by atoms with van der Waals surface area (Å²) in [5.41, 5.74) is 0.754. The highest BCUT2D eigenvalue weighted by Crippen LogP contribution is 2.35. The van der Waals surface area contributed by atoms with Gasteiger partial charge in [0.15, 0.2) is 29.3 Å². The van der Waals surface area contributed by atoms with Crippen molar-refractivity contribution in [3.05, 3.63) is 30.3 Å². The molecule has 1 amide bonds. The number of nitrogens with one attached hydrogen (secondary N) is 1. The van der Waals surface area contributed by atoms with Crippen molar-refractivity contribution < 1.29 is 33.3 Å². The lowest BCUT2D eigenvalue weighted by Gasteiger charge is -2.18. The van der Waals surface area contributed by atoms with Crippen molar-refractivity contribution in [2.75, 3.05) is 33.0 Å². The Balaban J connectivity index is 1.66. The van der Waals surface area contributed by atoms with Crippen LogP contribution in [0.15, 0.2) is 29.0 Å². The Hall–Kier alpha value is -3.07. The lowest BCUT2D eigenvalue weighted by Crippen LogP contribution is -2.28. The Morgan fingerprint density at radius 2 is 2.04 bits per heavy atom. The number of hydrogen-bond acceptors (Lipinski definition) is 7. The van der Waals surface area contributed by atoms with E-state index in [0.717, 1.165) is 0 Å². The van der Waals surface area contributed by atoms with Crippen molar-refractivity contribution in [1.29, 1.82) is 0 Å². The van der Waals surface area contributed by atoms with Gasteiger partial charge in [0.2, 0.25) is 0 Å². The van der Waals surface area contributed by atoms with Crippen LogP contribution < -0.4 is 14.8 Å². The molecule has 0 aliphatic carbocycles. The maximum absolute atomic E-state index is 12.2. The predicted octanol–water partition coefficient (Wildman–Crippen LogP) is 0.944. The lowest BCUT2D eigenvalue weighted by molar-refractivity contribution is -0.142. The number of nitrogens with zero attached hydrogens (tertiary/aromatic N) is 1. The first-order valence-electron chi connectivity index (χ1n) is 7.56. The summed E-state index contributed by atoms with van der Waals surface area (Å²) in [5.74, 6) is 0.00638. The van der Waals surface area contributed by atoms with E-state index >= 15 is 0 Å². The fourth-order valence-electron chi connectivity index (χ4n) is 2.28.